The summed E-state index contributed by atoms with van der Waals surface area (Å²) in [5.41, 5.74) is 10.7. The molecule has 0 heterocycles. The van der Waals surface area contributed by atoms with Gasteiger partial charge in [-0.15, -0.1) is 0 Å². The van der Waals surface area contributed by atoms with Crippen molar-refractivity contribution in [3.63, 3.8) is 0 Å². The molecule has 0 fully saturated rings. The smallest absolute Gasteiger partial charge is 0.252 e. The van der Waals surface area contributed by atoms with Crippen LogP contribution in [0, 0.1) is 0 Å². The van der Waals surface area contributed by atoms with Crippen LogP contribution >= 0.6 is 12.2 Å². The molecule has 0 saturated heterocycles. The normalized spacial score (nSPS) is 11.5. The van der Waals surface area contributed by atoms with Gasteiger partial charge in [0.25, 0.3) is 5.91 Å². The molecule has 5 N–H and O–H groups in total. The molecule has 1 rings (SSSR count). The van der Waals surface area contributed by atoms with E-state index in [1.807, 2.05) is 0 Å². The summed E-state index contributed by atoms with van der Waals surface area (Å²) in [4.78, 5) is 22.4. The number of thiocarbonyl (C=S) groups is 1. The van der Waals surface area contributed by atoms with Gasteiger partial charge in [0.15, 0.2) is 6.04 Å². The number of amides is 2. The zero-order chi connectivity index (χ0) is 12.1. The lowest BCUT2D eigenvalue weighted by atomic mass is 10.2. The van der Waals surface area contributed by atoms with E-state index in [4.69, 9.17) is 11.5 Å². The van der Waals surface area contributed by atoms with Gasteiger partial charge in [0.05, 0.1) is 0 Å². The Hall–Kier alpha value is -1.95. The molecule has 0 aliphatic rings. The monoisotopic (exact) mass is 237 g/mol. The Morgan fingerprint density at radius 1 is 1.19 bits per heavy atom. The maximum Gasteiger partial charge on any atom is 0.252 e. The standard InChI is InChI=1S/C10H11N3O2S/c11-8(14)7(9(12)16)13-10(15)6-4-2-1-3-5-6/h1-5,7H,(H2,11,14)(H2,12,16)(H,13,15)/t7-/m1/s1. The number of nitrogens with two attached hydrogens (primary N) is 2. The highest BCUT2D eigenvalue weighted by atomic mass is 32.1. The van der Waals surface area contributed by atoms with Crippen LogP contribution in [-0.2, 0) is 4.79 Å². The second-order valence-electron chi connectivity index (χ2n) is 3.08. The number of benzene rings is 1. The van der Waals surface area contributed by atoms with E-state index in [1.165, 1.54) is 0 Å². The summed E-state index contributed by atoms with van der Waals surface area (Å²) >= 11 is 4.62. The first-order valence-electron chi connectivity index (χ1n) is 4.47. The minimum atomic E-state index is -1.12. The quantitative estimate of drug-likeness (QED) is 0.618. The second kappa shape index (κ2) is 5.22. The minimum Gasteiger partial charge on any atom is -0.391 e. The van der Waals surface area contributed by atoms with Gasteiger partial charge in [-0.1, -0.05) is 30.4 Å². The van der Waals surface area contributed by atoms with Gasteiger partial charge in [0, 0.05) is 5.56 Å². The molecular formula is C10H11N3O2S. The van der Waals surface area contributed by atoms with Crippen molar-refractivity contribution < 1.29 is 9.59 Å². The van der Waals surface area contributed by atoms with Gasteiger partial charge >= 0.3 is 0 Å². The number of nitrogens with one attached hydrogen (secondary N) is 1. The zero-order valence-electron chi connectivity index (χ0n) is 8.34. The lowest BCUT2D eigenvalue weighted by Crippen LogP contribution is -2.51. The molecular weight excluding hydrogens is 226 g/mol. The Morgan fingerprint density at radius 3 is 2.19 bits per heavy atom. The first-order chi connectivity index (χ1) is 7.52. The molecule has 1 aromatic carbocycles. The van der Waals surface area contributed by atoms with Gasteiger partial charge in [-0.3, -0.25) is 9.59 Å². The number of carbonyl (C=O) groups excluding carboxylic acids is 2. The van der Waals surface area contributed by atoms with Crippen molar-refractivity contribution in [1.29, 1.82) is 0 Å². The van der Waals surface area contributed by atoms with E-state index in [0.29, 0.717) is 5.56 Å². The van der Waals surface area contributed by atoms with E-state index in [-0.39, 0.29) is 4.99 Å². The first kappa shape index (κ1) is 12.1. The van der Waals surface area contributed by atoms with Crippen LogP contribution in [0.5, 0.6) is 0 Å². The summed E-state index contributed by atoms with van der Waals surface area (Å²) < 4.78 is 0. The van der Waals surface area contributed by atoms with Crippen LogP contribution in [-0.4, -0.2) is 22.8 Å². The number of rotatable bonds is 4. The SMILES string of the molecule is NC(=O)[C@@H](NC(=O)c1ccccc1)C(N)=S. The van der Waals surface area contributed by atoms with E-state index in [0.717, 1.165) is 0 Å². The van der Waals surface area contributed by atoms with Crippen molar-refractivity contribution in [3.05, 3.63) is 35.9 Å². The number of hydrogen-bond acceptors (Lipinski definition) is 3. The van der Waals surface area contributed by atoms with Crippen molar-refractivity contribution in [3.8, 4) is 0 Å². The van der Waals surface area contributed by atoms with Gasteiger partial charge in [0.2, 0.25) is 5.91 Å². The topological polar surface area (TPSA) is 98.2 Å². The van der Waals surface area contributed by atoms with Crippen LogP contribution in [0.1, 0.15) is 10.4 Å². The van der Waals surface area contributed by atoms with E-state index >= 15 is 0 Å². The summed E-state index contributed by atoms with van der Waals surface area (Å²) in [6.07, 6.45) is 0. The third-order valence-corrected chi connectivity index (χ3v) is 2.12. The second-order valence-corrected chi connectivity index (χ2v) is 3.55. The molecule has 16 heavy (non-hydrogen) atoms. The Labute approximate surface area is 97.8 Å². The number of carbonyl (C=O) groups is 2. The number of primary amides is 1. The Bertz CT molecular complexity index is 405. The van der Waals surface area contributed by atoms with E-state index in [2.05, 4.69) is 17.5 Å². The predicted octanol–water partition coefficient (Wildman–Crippen LogP) is -0.444. The summed E-state index contributed by atoms with van der Waals surface area (Å²) in [5, 5.41) is 2.35. The fourth-order valence-electron chi connectivity index (χ4n) is 1.09. The maximum atomic E-state index is 11.6. The lowest BCUT2D eigenvalue weighted by molar-refractivity contribution is -0.118. The molecule has 84 valence electrons. The van der Waals surface area contributed by atoms with Crippen molar-refractivity contribution in [1.82, 2.24) is 5.32 Å². The van der Waals surface area contributed by atoms with Crippen molar-refractivity contribution in [2.24, 2.45) is 11.5 Å². The van der Waals surface area contributed by atoms with Crippen molar-refractivity contribution >= 4 is 29.0 Å². The van der Waals surface area contributed by atoms with Gasteiger partial charge < -0.3 is 16.8 Å². The Balaban J connectivity index is 2.77. The fourth-order valence-corrected chi connectivity index (χ4v) is 1.26. The average Bonchev–Trinajstić information content (AvgIpc) is 2.25. The predicted molar refractivity (Wildman–Crippen MR) is 63.7 cm³/mol. The number of hydrogen-bond donors (Lipinski definition) is 3. The summed E-state index contributed by atoms with van der Waals surface area (Å²) in [6.45, 7) is 0. The maximum absolute atomic E-state index is 11.6. The van der Waals surface area contributed by atoms with Crippen molar-refractivity contribution in [2.75, 3.05) is 0 Å². The largest absolute Gasteiger partial charge is 0.391 e. The summed E-state index contributed by atoms with van der Waals surface area (Å²) in [7, 11) is 0. The van der Waals surface area contributed by atoms with Crippen LogP contribution < -0.4 is 16.8 Å². The summed E-state index contributed by atoms with van der Waals surface area (Å²) in [5.74, 6) is -1.23. The van der Waals surface area contributed by atoms with Crippen LogP contribution in [0.15, 0.2) is 30.3 Å². The summed E-state index contributed by atoms with van der Waals surface area (Å²) in [6, 6.07) is 7.27. The molecule has 0 aromatic heterocycles. The van der Waals surface area contributed by atoms with Crippen LogP contribution in [0.4, 0.5) is 0 Å². The molecule has 5 nitrogen and oxygen atoms in total. The Kier molecular flexibility index (Phi) is 3.96. The zero-order valence-corrected chi connectivity index (χ0v) is 9.16. The molecule has 0 spiro atoms. The minimum absolute atomic E-state index is 0.156. The third-order valence-electron chi connectivity index (χ3n) is 1.88. The highest BCUT2D eigenvalue weighted by Crippen LogP contribution is 1.98. The molecule has 6 heteroatoms. The van der Waals surface area contributed by atoms with E-state index in [1.54, 1.807) is 30.3 Å². The van der Waals surface area contributed by atoms with E-state index in [9.17, 15) is 9.59 Å². The van der Waals surface area contributed by atoms with Crippen molar-refractivity contribution in [2.45, 2.75) is 6.04 Å². The molecule has 0 aliphatic carbocycles. The highest BCUT2D eigenvalue weighted by molar-refractivity contribution is 7.80. The lowest BCUT2D eigenvalue weighted by Gasteiger charge is -2.13. The molecule has 0 radical (unpaired) electrons. The third kappa shape index (κ3) is 3.03. The highest BCUT2D eigenvalue weighted by Gasteiger charge is 2.21. The van der Waals surface area contributed by atoms with Crippen LogP contribution in [0.2, 0.25) is 0 Å². The molecule has 1 atom stereocenters. The van der Waals surface area contributed by atoms with Gasteiger partial charge in [0.1, 0.15) is 4.99 Å². The molecule has 1 aromatic rings. The molecule has 0 aliphatic heterocycles. The van der Waals surface area contributed by atoms with Gasteiger partial charge in [-0.25, -0.2) is 0 Å². The Morgan fingerprint density at radius 2 is 1.75 bits per heavy atom. The molecule has 0 bridgehead atoms. The van der Waals surface area contributed by atoms with E-state index < -0.39 is 17.9 Å². The van der Waals surface area contributed by atoms with Crippen LogP contribution in [0.25, 0.3) is 0 Å². The van der Waals surface area contributed by atoms with Gasteiger partial charge in [-0.05, 0) is 12.1 Å². The van der Waals surface area contributed by atoms with Crippen LogP contribution in [0.3, 0.4) is 0 Å². The first-order valence-corrected chi connectivity index (χ1v) is 4.87. The average molecular weight is 237 g/mol. The molecule has 0 saturated carbocycles. The molecule has 0 unspecified atom stereocenters. The fraction of sp³-hybridized carbons (Fsp3) is 0.100. The van der Waals surface area contributed by atoms with Gasteiger partial charge in [-0.2, -0.15) is 0 Å². The molecule has 2 amide bonds.